The summed E-state index contributed by atoms with van der Waals surface area (Å²) in [4.78, 5) is 15.8. The monoisotopic (exact) mass is 423 g/mol. The third-order valence-electron chi connectivity index (χ3n) is 10.4. The van der Waals surface area contributed by atoms with Crippen molar-refractivity contribution in [2.45, 2.75) is 75.0 Å². The molecule has 5 fully saturated rings. The van der Waals surface area contributed by atoms with E-state index in [2.05, 4.69) is 17.0 Å². The number of fused-ring (bicyclic) bond motifs is 2. The average Bonchev–Trinajstić information content (AvgIpc) is 3.52. The van der Waals surface area contributed by atoms with Crippen molar-refractivity contribution in [1.82, 2.24) is 4.90 Å². The van der Waals surface area contributed by atoms with Gasteiger partial charge in [-0.15, -0.1) is 0 Å². The number of ketones is 1. The van der Waals surface area contributed by atoms with Gasteiger partial charge in [-0.2, -0.15) is 0 Å². The SMILES string of the molecule is COc1ccc2c3c1O[C@H]1[C@@]4(OC)CC[C@@]5(C[C@H]4C(C)=O)[C@@H](C2)N(CC2CC2)CC[C@]315. The van der Waals surface area contributed by atoms with Crippen LogP contribution in [0, 0.1) is 17.3 Å². The molecule has 4 bridgehead atoms. The number of carbonyl (C=O) groups is 1. The number of hydrogen-bond acceptors (Lipinski definition) is 5. The van der Waals surface area contributed by atoms with Crippen LogP contribution in [0.4, 0.5) is 0 Å². The van der Waals surface area contributed by atoms with Crippen LogP contribution in [0.25, 0.3) is 0 Å². The first kappa shape index (κ1) is 18.9. The smallest absolute Gasteiger partial charge is 0.165 e. The van der Waals surface area contributed by atoms with E-state index in [1.54, 1.807) is 21.1 Å². The van der Waals surface area contributed by atoms with Gasteiger partial charge in [0.25, 0.3) is 0 Å². The predicted octanol–water partition coefficient (Wildman–Crippen LogP) is 3.51. The normalized spacial score (nSPS) is 44.0. The Balaban J connectivity index is 1.49. The van der Waals surface area contributed by atoms with E-state index in [4.69, 9.17) is 14.2 Å². The Bertz CT molecular complexity index is 988. The largest absolute Gasteiger partial charge is 0.493 e. The number of benzene rings is 1. The summed E-state index contributed by atoms with van der Waals surface area (Å²) < 4.78 is 19.0. The predicted molar refractivity (Wildman–Crippen MR) is 116 cm³/mol. The Kier molecular flexibility index (Phi) is 3.57. The Morgan fingerprint density at radius 2 is 2.06 bits per heavy atom. The van der Waals surface area contributed by atoms with Crippen molar-refractivity contribution in [1.29, 1.82) is 0 Å². The lowest BCUT2D eigenvalue weighted by molar-refractivity contribution is -0.271. The van der Waals surface area contributed by atoms with Gasteiger partial charge in [-0.3, -0.25) is 9.69 Å². The molecular weight excluding hydrogens is 390 g/mol. The Labute approximate surface area is 184 Å². The molecule has 4 saturated carbocycles. The molecule has 5 aliphatic carbocycles. The molecule has 1 aromatic carbocycles. The first-order chi connectivity index (χ1) is 15.0. The van der Waals surface area contributed by atoms with Gasteiger partial charge in [0.15, 0.2) is 11.5 Å². The first-order valence-corrected chi connectivity index (χ1v) is 12.2. The van der Waals surface area contributed by atoms with Crippen molar-refractivity contribution < 1.29 is 19.0 Å². The molecule has 0 aromatic heterocycles. The van der Waals surface area contributed by atoms with Crippen molar-refractivity contribution in [3.05, 3.63) is 23.3 Å². The molecule has 8 rings (SSSR count). The topological polar surface area (TPSA) is 48.0 Å². The molecule has 2 aliphatic heterocycles. The minimum atomic E-state index is -0.532. The van der Waals surface area contributed by atoms with Crippen molar-refractivity contribution in [2.75, 3.05) is 27.3 Å². The summed E-state index contributed by atoms with van der Waals surface area (Å²) in [5.41, 5.74) is 2.34. The van der Waals surface area contributed by atoms with E-state index in [1.807, 2.05) is 0 Å². The zero-order valence-electron chi connectivity index (χ0n) is 18.9. The number of carbonyl (C=O) groups excluding carboxylic acids is 1. The summed E-state index contributed by atoms with van der Waals surface area (Å²) in [7, 11) is 3.54. The van der Waals surface area contributed by atoms with Gasteiger partial charge in [-0.05, 0) is 76.0 Å². The van der Waals surface area contributed by atoms with E-state index in [1.165, 1.54) is 30.5 Å². The highest BCUT2D eigenvalue weighted by Crippen LogP contribution is 2.76. The minimum absolute atomic E-state index is 0.0601. The quantitative estimate of drug-likeness (QED) is 0.725. The van der Waals surface area contributed by atoms with Crippen LogP contribution >= 0.6 is 0 Å². The zero-order chi connectivity index (χ0) is 21.2. The lowest BCUT2D eigenvalue weighted by atomic mass is 9.34. The van der Waals surface area contributed by atoms with Crippen LogP contribution < -0.4 is 9.47 Å². The third kappa shape index (κ3) is 1.97. The zero-order valence-corrected chi connectivity index (χ0v) is 18.9. The van der Waals surface area contributed by atoms with Crippen LogP contribution in [0.1, 0.15) is 56.6 Å². The summed E-state index contributed by atoms with van der Waals surface area (Å²) in [5.74, 6) is 2.83. The van der Waals surface area contributed by atoms with E-state index in [9.17, 15) is 4.79 Å². The second-order valence-electron chi connectivity index (χ2n) is 11.2. The fourth-order valence-electron chi connectivity index (χ4n) is 9.02. The van der Waals surface area contributed by atoms with Gasteiger partial charge in [0, 0.05) is 36.1 Å². The van der Waals surface area contributed by atoms with Crippen LogP contribution in [-0.4, -0.2) is 55.7 Å². The van der Waals surface area contributed by atoms with Gasteiger partial charge < -0.3 is 14.2 Å². The number of likely N-dealkylation sites (tertiary alicyclic amines) is 1. The number of piperidine rings is 1. The molecule has 1 saturated heterocycles. The number of Topliss-reactive ketones (excluding diaryl/α,β-unsaturated/α-hetero) is 1. The maximum absolute atomic E-state index is 13.0. The number of hydrogen-bond donors (Lipinski definition) is 0. The number of methoxy groups -OCH3 is 2. The van der Waals surface area contributed by atoms with Crippen molar-refractivity contribution in [3.8, 4) is 11.5 Å². The average molecular weight is 424 g/mol. The lowest BCUT2D eigenvalue weighted by Crippen LogP contribution is -2.81. The van der Waals surface area contributed by atoms with Crippen LogP contribution in [-0.2, 0) is 21.4 Å². The standard InChI is InChI=1S/C26H33NO4/c1-15(28)18-13-24-8-9-26(18,30-3)23-25(24)10-11-27(14-16-4-5-16)20(24)12-17-6-7-19(29-2)22(31-23)21(17)25/h6-7,16,18,20,23H,4-5,8-14H2,1-3H3/t18-,20+,23+,24+,25-,26+/m0/s1. The van der Waals surface area contributed by atoms with E-state index in [-0.39, 0.29) is 28.6 Å². The van der Waals surface area contributed by atoms with Gasteiger partial charge in [-0.25, -0.2) is 0 Å². The highest BCUT2D eigenvalue weighted by atomic mass is 16.6. The van der Waals surface area contributed by atoms with Crippen LogP contribution in [0.3, 0.4) is 0 Å². The Morgan fingerprint density at radius 1 is 1.23 bits per heavy atom. The molecule has 2 heterocycles. The molecule has 0 amide bonds. The third-order valence-corrected chi connectivity index (χ3v) is 10.4. The maximum atomic E-state index is 13.0. The first-order valence-electron chi connectivity index (χ1n) is 12.2. The van der Waals surface area contributed by atoms with Crippen molar-refractivity contribution in [3.63, 3.8) is 0 Å². The summed E-state index contributed by atoms with van der Waals surface area (Å²) >= 11 is 0. The van der Waals surface area contributed by atoms with Gasteiger partial charge in [-0.1, -0.05) is 6.07 Å². The van der Waals surface area contributed by atoms with Crippen LogP contribution in [0.5, 0.6) is 11.5 Å². The molecule has 7 aliphatic rings. The Hall–Kier alpha value is -1.59. The maximum Gasteiger partial charge on any atom is 0.165 e. The van der Waals surface area contributed by atoms with Gasteiger partial charge >= 0.3 is 0 Å². The second kappa shape index (κ2) is 5.85. The van der Waals surface area contributed by atoms with Crippen molar-refractivity contribution in [2.24, 2.45) is 17.3 Å². The van der Waals surface area contributed by atoms with Gasteiger partial charge in [0.05, 0.1) is 13.0 Å². The number of ether oxygens (including phenoxy) is 3. The summed E-state index contributed by atoms with van der Waals surface area (Å²) in [6, 6.07) is 4.87. The summed E-state index contributed by atoms with van der Waals surface area (Å²) in [5, 5.41) is 0. The summed E-state index contributed by atoms with van der Waals surface area (Å²) in [6.45, 7) is 4.13. The van der Waals surface area contributed by atoms with E-state index >= 15 is 0 Å². The minimum Gasteiger partial charge on any atom is -0.493 e. The molecule has 0 unspecified atom stereocenters. The second-order valence-corrected chi connectivity index (χ2v) is 11.2. The van der Waals surface area contributed by atoms with Crippen molar-refractivity contribution >= 4 is 5.78 Å². The van der Waals surface area contributed by atoms with Gasteiger partial charge in [0.2, 0.25) is 0 Å². The molecule has 1 aromatic rings. The highest BCUT2D eigenvalue weighted by Gasteiger charge is 2.81. The number of rotatable bonds is 5. The number of nitrogens with zero attached hydrogens (tertiary/aromatic N) is 1. The fourth-order valence-corrected chi connectivity index (χ4v) is 9.02. The molecule has 5 heteroatoms. The molecule has 31 heavy (non-hydrogen) atoms. The van der Waals surface area contributed by atoms with E-state index < -0.39 is 5.60 Å². The molecule has 0 radical (unpaired) electrons. The Morgan fingerprint density at radius 3 is 2.77 bits per heavy atom. The molecular formula is C26H33NO4. The van der Waals surface area contributed by atoms with Gasteiger partial charge in [0.1, 0.15) is 17.5 Å². The van der Waals surface area contributed by atoms with Crippen LogP contribution in [0.15, 0.2) is 12.1 Å². The van der Waals surface area contributed by atoms with Crippen LogP contribution in [0.2, 0.25) is 0 Å². The van der Waals surface area contributed by atoms with E-state index in [0.29, 0.717) is 6.04 Å². The lowest BCUT2D eigenvalue weighted by Gasteiger charge is -2.73. The highest BCUT2D eigenvalue weighted by molar-refractivity contribution is 5.81. The van der Waals surface area contributed by atoms with E-state index in [0.717, 1.165) is 56.1 Å². The molecule has 166 valence electrons. The molecule has 6 atom stereocenters. The summed E-state index contributed by atoms with van der Waals surface area (Å²) in [6.07, 6.45) is 7.83. The fraction of sp³-hybridized carbons (Fsp3) is 0.731. The molecule has 0 N–H and O–H groups in total. The molecule has 2 spiro atoms. The molecule has 5 nitrogen and oxygen atoms in total.